The van der Waals surface area contributed by atoms with Gasteiger partial charge in [0, 0.05) is 5.39 Å². The van der Waals surface area contributed by atoms with Gasteiger partial charge >= 0.3 is 0 Å². The maximum absolute atomic E-state index is 13.2. The number of aliphatic hydroxyl groups excluding tert-OH is 1. The Hall–Kier alpha value is -1.43. The van der Waals surface area contributed by atoms with E-state index in [2.05, 4.69) is 5.32 Å². The molecule has 0 aliphatic rings. The zero-order valence-corrected chi connectivity index (χ0v) is 10.1. The molecule has 0 aliphatic carbocycles. The Morgan fingerprint density at radius 3 is 2.83 bits per heavy atom. The molecule has 2 rings (SSSR count). The van der Waals surface area contributed by atoms with Crippen LogP contribution in [0.2, 0.25) is 0 Å². The van der Waals surface area contributed by atoms with Gasteiger partial charge in [-0.2, -0.15) is 0 Å². The van der Waals surface area contributed by atoms with Crippen LogP contribution in [0.15, 0.2) is 34.9 Å². The molecule has 0 amide bonds. The second-order valence-electron chi connectivity index (χ2n) is 4.25. The zero-order chi connectivity index (χ0) is 13.2. The average Bonchev–Trinajstić information content (AvgIpc) is 2.86. The second-order valence-corrected chi connectivity index (χ2v) is 4.25. The summed E-state index contributed by atoms with van der Waals surface area (Å²) in [4.78, 5) is 0. The van der Waals surface area contributed by atoms with E-state index in [0.717, 1.165) is 5.39 Å². The third-order valence-electron chi connectivity index (χ3n) is 3.27. The molecule has 0 saturated carbocycles. The molecule has 0 fully saturated rings. The summed E-state index contributed by atoms with van der Waals surface area (Å²) >= 11 is 0. The van der Waals surface area contributed by atoms with E-state index in [9.17, 15) is 14.6 Å². The average molecular weight is 253 g/mol. The minimum atomic E-state index is -1.77. The maximum Gasteiger partial charge on any atom is 0.135 e. The Balaban J connectivity index is 2.47. The van der Waals surface area contributed by atoms with Crippen LogP contribution in [0.3, 0.4) is 0 Å². The molecule has 0 spiro atoms. The number of likely N-dealkylation sites (N-methyl/N-ethyl adjacent to an activating group) is 1. The molecule has 5 heteroatoms. The molecule has 0 unspecified atom stereocenters. The smallest absolute Gasteiger partial charge is 0.135 e. The first-order valence-corrected chi connectivity index (χ1v) is 5.70. The minimum Gasteiger partial charge on any atom is -0.464 e. The van der Waals surface area contributed by atoms with Gasteiger partial charge in [0.05, 0.1) is 18.9 Å². The number of benzene rings is 1. The highest BCUT2D eigenvalue weighted by molar-refractivity contribution is 5.77. The number of alkyl halides is 1. The van der Waals surface area contributed by atoms with Crippen LogP contribution in [0.25, 0.3) is 11.0 Å². The molecule has 1 aromatic carbocycles. The summed E-state index contributed by atoms with van der Waals surface area (Å²) in [5.41, 5.74) is -0.821. The van der Waals surface area contributed by atoms with E-state index in [1.54, 1.807) is 31.3 Å². The first kappa shape index (κ1) is 13.0. The van der Waals surface area contributed by atoms with E-state index < -0.39 is 18.3 Å². The van der Waals surface area contributed by atoms with Gasteiger partial charge in [-0.3, -0.25) is 0 Å². The van der Waals surface area contributed by atoms with Crippen molar-refractivity contribution in [1.82, 2.24) is 5.32 Å². The molecule has 0 saturated heterocycles. The summed E-state index contributed by atoms with van der Waals surface area (Å²) < 4.78 is 18.5. The largest absolute Gasteiger partial charge is 0.464 e. The Morgan fingerprint density at radius 1 is 1.44 bits per heavy atom. The number of rotatable bonds is 5. The standard InChI is InChI=1S/C13H16FNO3/c1-15-12(7-16)13(17,8-14)10-3-2-9-4-5-18-11(9)6-10/h2-6,12,15-17H,7-8H2,1H3/t12-,13+/m0/s1. The molecule has 4 nitrogen and oxygen atoms in total. The molecule has 0 aliphatic heterocycles. The topological polar surface area (TPSA) is 65.6 Å². The molecule has 18 heavy (non-hydrogen) atoms. The van der Waals surface area contributed by atoms with Crippen molar-refractivity contribution in [3.63, 3.8) is 0 Å². The second kappa shape index (κ2) is 5.06. The Morgan fingerprint density at radius 2 is 2.22 bits per heavy atom. The third kappa shape index (κ3) is 2.01. The number of halogens is 1. The van der Waals surface area contributed by atoms with Crippen molar-refractivity contribution < 1.29 is 19.0 Å². The van der Waals surface area contributed by atoms with Crippen LogP contribution in [0.1, 0.15) is 5.56 Å². The fourth-order valence-corrected chi connectivity index (χ4v) is 2.08. The molecule has 0 radical (unpaired) electrons. The molecular weight excluding hydrogens is 237 g/mol. The maximum atomic E-state index is 13.2. The Labute approximate surface area is 104 Å². The summed E-state index contributed by atoms with van der Waals surface area (Å²) in [6.45, 7) is -1.36. The van der Waals surface area contributed by atoms with Gasteiger partial charge in [-0.15, -0.1) is 0 Å². The molecular formula is C13H16FNO3. The van der Waals surface area contributed by atoms with Gasteiger partial charge in [0.15, 0.2) is 0 Å². The van der Waals surface area contributed by atoms with Crippen molar-refractivity contribution in [1.29, 1.82) is 0 Å². The number of nitrogens with one attached hydrogen (secondary N) is 1. The Bertz CT molecular complexity index is 524. The van der Waals surface area contributed by atoms with Gasteiger partial charge in [-0.25, -0.2) is 4.39 Å². The van der Waals surface area contributed by atoms with Crippen LogP contribution in [0.4, 0.5) is 4.39 Å². The first-order chi connectivity index (χ1) is 8.65. The van der Waals surface area contributed by atoms with E-state index in [1.165, 1.54) is 6.26 Å². The van der Waals surface area contributed by atoms with Gasteiger partial charge in [-0.05, 0) is 24.7 Å². The van der Waals surface area contributed by atoms with Crippen molar-refractivity contribution in [2.75, 3.05) is 20.3 Å². The molecule has 1 heterocycles. The quantitative estimate of drug-likeness (QED) is 0.748. The summed E-state index contributed by atoms with van der Waals surface area (Å²) in [6, 6.07) is 5.98. The van der Waals surface area contributed by atoms with E-state index in [0.29, 0.717) is 11.1 Å². The molecule has 3 N–H and O–H groups in total. The summed E-state index contributed by atoms with van der Waals surface area (Å²) in [7, 11) is 1.56. The number of hydrogen-bond acceptors (Lipinski definition) is 4. The van der Waals surface area contributed by atoms with Crippen LogP contribution in [-0.2, 0) is 5.60 Å². The molecule has 1 aromatic heterocycles. The number of aliphatic hydroxyl groups is 2. The van der Waals surface area contributed by atoms with E-state index in [4.69, 9.17) is 4.42 Å². The van der Waals surface area contributed by atoms with Crippen LogP contribution < -0.4 is 5.32 Å². The van der Waals surface area contributed by atoms with Gasteiger partial charge < -0.3 is 19.9 Å². The number of furan rings is 1. The van der Waals surface area contributed by atoms with E-state index >= 15 is 0 Å². The predicted molar refractivity (Wildman–Crippen MR) is 66.0 cm³/mol. The van der Waals surface area contributed by atoms with Crippen molar-refractivity contribution >= 4 is 11.0 Å². The third-order valence-corrected chi connectivity index (χ3v) is 3.27. The fourth-order valence-electron chi connectivity index (χ4n) is 2.08. The summed E-state index contributed by atoms with van der Waals surface area (Å²) in [5.74, 6) is 0. The lowest BCUT2D eigenvalue weighted by Gasteiger charge is -2.33. The van der Waals surface area contributed by atoms with Gasteiger partial charge in [0.2, 0.25) is 0 Å². The fraction of sp³-hybridized carbons (Fsp3) is 0.385. The van der Waals surface area contributed by atoms with Gasteiger partial charge in [-0.1, -0.05) is 12.1 Å². The molecule has 2 atom stereocenters. The van der Waals surface area contributed by atoms with Crippen LogP contribution in [0, 0.1) is 0 Å². The summed E-state index contributed by atoms with van der Waals surface area (Å²) in [6.07, 6.45) is 1.53. The predicted octanol–water partition coefficient (Wildman–Crippen LogP) is 1.17. The first-order valence-electron chi connectivity index (χ1n) is 5.70. The van der Waals surface area contributed by atoms with Gasteiger partial charge in [0.25, 0.3) is 0 Å². The zero-order valence-electron chi connectivity index (χ0n) is 10.1. The summed E-state index contributed by atoms with van der Waals surface area (Å²) in [5, 5.41) is 23.2. The lowest BCUT2D eigenvalue weighted by Crippen LogP contribution is -2.51. The molecule has 2 aromatic rings. The lowest BCUT2D eigenvalue weighted by atomic mass is 9.87. The van der Waals surface area contributed by atoms with Gasteiger partial charge in [0.1, 0.15) is 17.9 Å². The lowest BCUT2D eigenvalue weighted by molar-refractivity contribution is -0.0386. The SMILES string of the molecule is CN[C@@H](CO)[C@@](O)(CF)c1ccc2ccoc2c1. The van der Waals surface area contributed by atoms with Crippen molar-refractivity contribution in [3.8, 4) is 0 Å². The van der Waals surface area contributed by atoms with Crippen LogP contribution in [-0.4, -0.2) is 36.6 Å². The minimum absolute atomic E-state index is 0.368. The number of hydrogen-bond donors (Lipinski definition) is 3. The van der Waals surface area contributed by atoms with E-state index in [-0.39, 0.29) is 6.61 Å². The molecule has 98 valence electrons. The Kier molecular flexibility index (Phi) is 3.65. The molecule has 0 bridgehead atoms. The highest BCUT2D eigenvalue weighted by Crippen LogP contribution is 2.29. The normalized spacial score (nSPS) is 16.7. The monoisotopic (exact) mass is 253 g/mol. The highest BCUT2D eigenvalue weighted by Gasteiger charge is 2.38. The van der Waals surface area contributed by atoms with Crippen LogP contribution >= 0.6 is 0 Å². The highest BCUT2D eigenvalue weighted by atomic mass is 19.1. The van der Waals surface area contributed by atoms with E-state index in [1.807, 2.05) is 0 Å². The van der Waals surface area contributed by atoms with Crippen molar-refractivity contribution in [2.45, 2.75) is 11.6 Å². The van der Waals surface area contributed by atoms with Crippen LogP contribution in [0.5, 0.6) is 0 Å². The van der Waals surface area contributed by atoms with Crippen molar-refractivity contribution in [2.24, 2.45) is 0 Å². The van der Waals surface area contributed by atoms with Crippen molar-refractivity contribution in [3.05, 3.63) is 36.1 Å². The number of fused-ring (bicyclic) bond motifs is 1.